The zero-order valence-corrected chi connectivity index (χ0v) is 17.3. The first kappa shape index (κ1) is 20.0. The highest BCUT2D eigenvalue weighted by atomic mass is 79.9. The van der Waals surface area contributed by atoms with E-state index in [0.717, 1.165) is 15.7 Å². The number of aromatic nitrogens is 4. The van der Waals surface area contributed by atoms with E-state index in [1.165, 1.54) is 11.8 Å². The third-order valence-corrected chi connectivity index (χ3v) is 5.10. The SMILES string of the molecule is Cc1cc(Br)ccc1NC(=O)CNC(=O)CSc1nnnn1-c1ccccc1. The van der Waals surface area contributed by atoms with Crippen molar-refractivity contribution in [2.75, 3.05) is 17.6 Å². The van der Waals surface area contributed by atoms with Crippen molar-refractivity contribution in [3.63, 3.8) is 0 Å². The second-order valence-electron chi connectivity index (χ2n) is 5.78. The van der Waals surface area contributed by atoms with Crippen LogP contribution in [0.3, 0.4) is 0 Å². The lowest BCUT2D eigenvalue weighted by molar-refractivity contribution is -0.122. The van der Waals surface area contributed by atoms with Crippen LogP contribution in [-0.4, -0.2) is 44.3 Å². The smallest absolute Gasteiger partial charge is 0.243 e. The number of halogens is 1. The Balaban J connectivity index is 1.48. The molecule has 3 rings (SSSR count). The van der Waals surface area contributed by atoms with Gasteiger partial charge in [-0.2, -0.15) is 4.68 Å². The number of benzene rings is 2. The summed E-state index contributed by atoms with van der Waals surface area (Å²) in [7, 11) is 0. The van der Waals surface area contributed by atoms with Crippen LogP contribution in [0.4, 0.5) is 5.69 Å². The van der Waals surface area contributed by atoms with Gasteiger partial charge in [0.05, 0.1) is 18.0 Å². The van der Waals surface area contributed by atoms with Crippen LogP contribution in [0.2, 0.25) is 0 Å². The molecule has 2 N–H and O–H groups in total. The Morgan fingerprint density at radius 3 is 2.68 bits per heavy atom. The normalized spacial score (nSPS) is 10.5. The molecule has 144 valence electrons. The molecular weight excluding hydrogens is 444 g/mol. The van der Waals surface area contributed by atoms with Crippen molar-refractivity contribution in [3.05, 3.63) is 58.6 Å². The number of carbonyl (C=O) groups excluding carboxylic acids is 2. The lowest BCUT2D eigenvalue weighted by Crippen LogP contribution is -2.34. The van der Waals surface area contributed by atoms with Gasteiger partial charge in [-0.1, -0.05) is 45.9 Å². The molecule has 0 saturated heterocycles. The average molecular weight is 461 g/mol. The van der Waals surface area contributed by atoms with E-state index in [2.05, 4.69) is 42.1 Å². The average Bonchev–Trinajstić information content (AvgIpc) is 3.16. The third-order valence-electron chi connectivity index (χ3n) is 3.68. The number of hydrogen-bond acceptors (Lipinski definition) is 6. The van der Waals surface area contributed by atoms with E-state index in [0.29, 0.717) is 10.8 Å². The molecule has 10 heteroatoms. The molecule has 0 saturated carbocycles. The summed E-state index contributed by atoms with van der Waals surface area (Å²) in [6.45, 7) is 1.78. The summed E-state index contributed by atoms with van der Waals surface area (Å²) in [5, 5.41) is 17.4. The third kappa shape index (κ3) is 5.40. The van der Waals surface area contributed by atoms with Crippen molar-refractivity contribution in [3.8, 4) is 5.69 Å². The fourth-order valence-electron chi connectivity index (χ4n) is 2.32. The van der Waals surface area contributed by atoms with E-state index >= 15 is 0 Å². The molecule has 8 nitrogen and oxygen atoms in total. The molecule has 2 aromatic carbocycles. The van der Waals surface area contributed by atoms with Gasteiger partial charge in [-0.25, -0.2) is 0 Å². The Kier molecular flexibility index (Phi) is 6.77. The monoisotopic (exact) mass is 460 g/mol. The van der Waals surface area contributed by atoms with Crippen molar-refractivity contribution in [2.24, 2.45) is 0 Å². The van der Waals surface area contributed by atoms with Crippen LogP contribution in [0.1, 0.15) is 5.56 Å². The van der Waals surface area contributed by atoms with Crippen LogP contribution in [-0.2, 0) is 9.59 Å². The minimum atomic E-state index is -0.294. The topological polar surface area (TPSA) is 102 Å². The molecule has 3 aromatic rings. The van der Waals surface area contributed by atoms with Gasteiger partial charge in [0.1, 0.15) is 0 Å². The number of amides is 2. The lowest BCUT2D eigenvalue weighted by Gasteiger charge is -2.09. The number of rotatable bonds is 7. The van der Waals surface area contributed by atoms with Gasteiger partial charge >= 0.3 is 0 Å². The van der Waals surface area contributed by atoms with Gasteiger partial charge in [-0.15, -0.1) is 5.10 Å². The number of thioether (sulfide) groups is 1. The van der Waals surface area contributed by atoms with Crippen LogP contribution >= 0.6 is 27.7 Å². The predicted molar refractivity (Wildman–Crippen MR) is 110 cm³/mol. The van der Waals surface area contributed by atoms with E-state index in [1.54, 1.807) is 10.7 Å². The molecule has 2 amide bonds. The summed E-state index contributed by atoms with van der Waals surface area (Å²) in [5.74, 6) is -0.481. The number of para-hydroxylation sites is 1. The molecule has 0 aliphatic carbocycles. The van der Waals surface area contributed by atoms with Gasteiger partial charge in [0.15, 0.2) is 0 Å². The van der Waals surface area contributed by atoms with E-state index < -0.39 is 0 Å². The van der Waals surface area contributed by atoms with E-state index in [1.807, 2.05) is 49.4 Å². The lowest BCUT2D eigenvalue weighted by atomic mass is 10.2. The fraction of sp³-hybridized carbons (Fsp3) is 0.167. The van der Waals surface area contributed by atoms with E-state index in [-0.39, 0.29) is 24.1 Å². The quantitative estimate of drug-likeness (QED) is 0.525. The van der Waals surface area contributed by atoms with E-state index in [9.17, 15) is 9.59 Å². The summed E-state index contributed by atoms with van der Waals surface area (Å²) >= 11 is 4.57. The highest BCUT2D eigenvalue weighted by molar-refractivity contribution is 9.10. The summed E-state index contributed by atoms with van der Waals surface area (Å²) in [4.78, 5) is 24.1. The molecule has 0 radical (unpaired) electrons. The first-order valence-electron chi connectivity index (χ1n) is 8.32. The summed E-state index contributed by atoms with van der Waals surface area (Å²) in [6, 6.07) is 14.9. The van der Waals surface area contributed by atoms with Crippen LogP contribution in [0.5, 0.6) is 0 Å². The molecule has 0 aliphatic rings. The highest BCUT2D eigenvalue weighted by Crippen LogP contribution is 2.20. The number of anilines is 1. The Hall–Kier alpha value is -2.72. The summed E-state index contributed by atoms with van der Waals surface area (Å²) in [6.07, 6.45) is 0. The Bertz CT molecular complexity index is 979. The van der Waals surface area contributed by atoms with Crippen molar-refractivity contribution in [1.29, 1.82) is 0 Å². The molecule has 0 atom stereocenters. The maximum atomic E-state index is 12.1. The van der Waals surface area contributed by atoms with Gasteiger partial charge in [-0.05, 0) is 53.2 Å². The Labute approximate surface area is 174 Å². The second kappa shape index (κ2) is 9.47. The number of nitrogens with one attached hydrogen (secondary N) is 2. The first-order valence-corrected chi connectivity index (χ1v) is 10.1. The number of tetrazole rings is 1. The summed E-state index contributed by atoms with van der Waals surface area (Å²) < 4.78 is 2.49. The minimum absolute atomic E-state index is 0.0950. The zero-order chi connectivity index (χ0) is 19.9. The Morgan fingerprint density at radius 1 is 1.14 bits per heavy atom. The number of hydrogen-bond donors (Lipinski definition) is 2. The number of aryl methyl sites for hydroxylation is 1. The predicted octanol–water partition coefficient (Wildman–Crippen LogP) is 2.58. The maximum absolute atomic E-state index is 12.1. The number of carbonyl (C=O) groups is 2. The van der Waals surface area contributed by atoms with Crippen LogP contribution < -0.4 is 10.6 Å². The standard InChI is InChI=1S/C18H17BrN6O2S/c1-12-9-13(19)7-8-15(12)21-16(26)10-20-17(27)11-28-18-22-23-24-25(18)14-5-3-2-4-6-14/h2-9H,10-11H2,1H3,(H,20,27)(H,21,26). The van der Waals surface area contributed by atoms with Crippen LogP contribution in [0.15, 0.2) is 58.2 Å². The fourth-order valence-corrected chi connectivity index (χ4v) is 3.52. The molecule has 0 spiro atoms. The summed E-state index contributed by atoms with van der Waals surface area (Å²) in [5.41, 5.74) is 2.44. The second-order valence-corrected chi connectivity index (χ2v) is 7.64. The molecule has 0 fully saturated rings. The van der Waals surface area contributed by atoms with Gasteiger partial charge in [0.25, 0.3) is 0 Å². The van der Waals surface area contributed by atoms with Crippen LogP contribution in [0.25, 0.3) is 5.69 Å². The van der Waals surface area contributed by atoms with Crippen molar-refractivity contribution < 1.29 is 9.59 Å². The van der Waals surface area contributed by atoms with Gasteiger partial charge < -0.3 is 10.6 Å². The van der Waals surface area contributed by atoms with Crippen molar-refractivity contribution >= 4 is 45.2 Å². The minimum Gasteiger partial charge on any atom is -0.346 e. The molecule has 1 heterocycles. The van der Waals surface area contributed by atoms with Gasteiger partial charge in [0.2, 0.25) is 17.0 Å². The molecule has 1 aromatic heterocycles. The molecule has 28 heavy (non-hydrogen) atoms. The largest absolute Gasteiger partial charge is 0.346 e. The highest BCUT2D eigenvalue weighted by Gasteiger charge is 2.12. The molecular formula is C18H17BrN6O2S. The van der Waals surface area contributed by atoms with Crippen molar-refractivity contribution in [1.82, 2.24) is 25.5 Å². The molecule has 0 bridgehead atoms. The van der Waals surface area contributed by atoms with Crippen LogP contribution in [0, 0.1) is 6.92 Å². The van der Waals surface area contributed by atoms with Crippen molar-refractivity contribution in [2.45, 2.75) is 12.1 Å². The van der Waals surface area contributed by atoms with E-state index in [4.69, 9.17) is 0 Å². The first-order chi connectivity index (χ1) is 13.5. The zero-order valence-electron chi connectivity index (χ0n) is 14.9. The van der Waals surface area contributed by atoms with Gasteiger partial charge in [0, 0.05) is 10.2 Å². The molecule has 0 aliphatic heterocycles. The van der Waals surface area contributed by atoms with Gasteiger partial charge in [-0.3, -0.25) is 9.59 Å². The Morgan fingerprint density at radius 2 is 1.93 bits per heavy atom. The molecule has 0 unspecified atom stereocenters. The number of nitrogens with zero attached hydrogens (tertiary/aromatic N) is 4. The maximum Gasteiger partial charge on any atom is 0.243 e.